The molecular formula is C21H23N3O3. The fraction of sp³-hybridized carbons (Fsp3) is 0.286. The predicted molar refractivity (Wildman–Crippen MR) is 103 cm³/mol. The maximum absolute atomic E-state index is 12.5. The Kier molecular flexibility index (Phi) is 6.56. The molecule has 6 heteroatoms. The van der Waals surface area contributed by atoms with E-state index in [4.69, 9.17) is 10.00 Å². The molecule has 2 rings (SSSR count). The lowest BCUT2D eigenvalue weighted by Gasteiger charge is -2.23. The summed E-state index contributed by atoms with van der Waals surface area (Å²) >= 11 is 0. The summed E-state index contributed by atoms with van der Waals surface area (Å²) < 4.78 is 5.29. The van der Waals surface area contributed by atoms with Crippen LogP contribution < -0.4 is 15.4 Å². The minimum absolute atomic E-state index is 0.358. The molecular weight excluding hydrogens is 342 g/mol. The van der Waals surface area contributed by atoms with Crippen molar-refractivity contribution in [2.75, 3.05) is 19.0 Å². The van der Waals surface area contributed by atoms with Gasteiger partial charge in [0, 0.05) is 12.2 Å². The number of para-hydroxylation sites is 1. The Morgan fingerprint density at radius 3 is 2.37 bits per heavy atom. The number of rotatable bonds is 7. The van der Waals surface area contributed by atoms with Gasteiger partial charge in [-0.25, -0.2) is 0 Å². The third-order valence-corrected chi connectivity index (χ3v) is 4.28. The van der Waals surface area contributed by atoms with Gasteiger partial charge in [-0.3, -0.25) is 9.59 Å². The number of nitriles is 1. The second-order valence-corrected chi connectivity index (χ2v) is 6.59. The molecule has 2 aromatic carbocycles. The van der Waals surface area contributed by atoms with Crippen LogP contribution in [0.4, 0.5) is 5.69 Å². The van der Waals surface area contributed by atoms with E-state index in [0.717, 1.165) is 11.3 Å². The highest BCUT2D eigenvalue weighted by Gasteiger charge is 2.35. The van der Waals surface area contributed by atoms with Crippen molar-refractivity contribution >= 4 is 17.5 Å². The highest BCUT2D eigenvalue weighted by Crippen LogP contribution is 2.20. The number of hydrogen-bond donors (Lipinski definition) is 2. The number of nitrogens with one attached hydrogen (secondary N) is 2. The molecule has 2 amide bonds. The number of carbonyl (C=O) groups excluding carboxylic acids is 2. The number of nitrogens with zero attached hydrogens (tertiary/aromatic N) is 1. The molecule has 0 unspecified atom stereocenters. The molecule has 0 saturated carbocycles. The molecule has 0 radical (unpaired) electrons. The molecule has 0 aliphatic heterocycles. The second kappa shape index (κ2) is 8.86. The van der Waals surface area contributed by atoms with Crippen LogP contribution in [0, 0.1) is 16.7 Å². The molecule has 0 aromatic heterocycles. The third kappa shape index (κ3) is 5.08. The molecule has 0 atom stereocenters. The van der Waals surface area contributed by atoms with Crippen LogP contribution in [0.1, 0.15) is 25.0 Å². The molecule has 2 aromatic rings. The Bertz CT molecular complexity index is 852. The number of amides is 2. The topological polar surface area (TPSA) is 91.2 Å². The van der Waals surface area contributed by atoms with Crippen molar-refractivity contribution in [3.63, 3.8) is 0 Å². The summed E-state index contributed by atoms with van der Waals surface area (Å²) in [5, 5.41) is 14.3. The Labute approximate surface area is 159 Å². The van der Waals surface area contributed by atoms with E-state index in [0.29, 0.717) is 24.2 Å². The molecule has 0 saturated heterocycles. The molecule has 0 aliphatic rings. The van der Waals surface area contributed by atoms with Crippen LogP contribution in [0.5, 0.6) is 5.75 Å². The Morgan fingerprint density at radius 1 is 1.07 bits per heavy atom. The highest BCUT2D eigenvalue weighted by atomic mass is 16.5. The van der Waals surface area contributed by atoms with Crippen LogP contribution >= 0.6 is 0 Å². The van der Waals surface area contributed by atoms with Gasteiger partial charge in [0.2, 0.25) is 11.8 Å². The van der Waals surface area contributed by atoms with Gasteiger partial charge in [0.25, 0.3) is 0 Å². The summed E-state index contributed by atoms with van der Waals surface area (Å²) in [6.45, 7) is 3.54. The van der Waals surface area contributed by atoms with Gasteiger partial charge in [-0.2, -0.15) is 5.26 Å². The number of ether oxygens (including phenoxy) is 1. The van der Waals surface area contributed by atoms with E-state index in [1.54, 1.807) is 45.2 Å². The van der Waals surface area contributed by atoms with Crippen molar-refractivity contribution in [2.24, 2.45) is 5.41 Å². The first-order valence-corrected chi connectivity index (χ1v) is 8.60. The van der Waals surface area contributed by atoms with Crippen LogP contribution in [-0.2, 0) is 16.0 Å². The quantitative estimate of drug-likeness (QED) is 0.738. The highest BCUT2D eigenvalue weighted by molar-refractivity contribution is 6.09. The van der Waals surface area contributed by atoms with Crippen LogP contribution in [0.15, 0.2) is 48.5 Å². The lowest BCUT2D eigenvalue weighted by atomic mass is 9.90. The summed E-state index contributed by atoms with van der Waals surface area (Å²) in [5.74, 6) is -0.00453. The van der Waals surface area contributed by atoms with Crippen molar-refractivity contribution in [1.82, 2.24) is 5.32 Å². The second-order valence-electron chi connectivity index (χ2n) is 6.59. The Morgan fingerprint density at radius 2 is 1.74 bits per heavy atom. The van der Waals surface area contributed by atoms with Crippen LogP contribution in [0.2, 0.25) is 0 Å². The van der Waals surface area contributed by atoms with Gasteiger partial charge in [0.15, 0.2) is 0 Å². The normalized spacial score (nSPS) is 10.6. The molecule has 0 heterocycles. The molecule has 6 nitrogen and oxygen atoms in total. The number of carbonyl (C=O) groups is 2. The van der Waals surface area contributed by atoms with Crippen molar-refractivity contribution in [3.05, 3.63) is 59.7 Å². The first kappa shape index (κ1) is 20.0. The van der Waals surface area contributed by atoms with Gasteiger partial charge >= 0.3 is 0 Å². The van der Waals surface area contributed by atoms with Gasteiger partial charge in [-0.05, 0) is 56.2 Å². The molecule has 140 valence electrons. The molecule has 0 fully saturated rings. The van der Waals surface area contributed by atoms with E-state index in [1.807, 2.05) is 30.3 Å². The van der Waals surface area contributed by atoms with Crippen molar-refractivity contribution < 1.29 is 14.3 Å². The molecule has 2 N–H and O–H groups in total. The number of hydrogen-bond acceptors (Lipinski definition) is 4. The van der Waals surface area contributed by atoms with E-state index in [-0.39, 0.29) is 5.91 Å². The third-order valence-electron chi connectivity index (χ3n) is 4.28. The van der Waals surface area contributed by atoms with Crippen LogP contribution in [-0.4, -0.2) is 25.5 Å². The van der Waals surface area contributed by atoms with Crippen molar-refractivity contribution in [1.29, 1.82) is 5.26 Å². The smallest absolute Gasteiger partial charge is 0.239 e. The molecule has 0 spiro atoms. The van der Waals surface area contributed by atoms with E-state index in [2.05, 4.69) is 10.6 Å². The van der Waals surface area contributed by atoms with Gasteiger partial charge in [0.05, 0.1) is 18.7 Å². The summed E-state index contributed by atoms with van der Waals surface area (Å²) in [6.07, 6.45) is 0.600. The van der Waals surface area contributed by atoms with Gasteiger partial charge < -0.3 is 15.4 Å². The SMILES string of the molecule is COc1ccccc1CCNC(=O)C(C)(C)C(=O)Nc1ccc(C#N)cc1. The van der Waals surface area contributed by atoms with Gasteiger partial charge in [0.1, 0.15) is 11.2 Å². The lowest BCUT2D eigenvalue weighted by molar-refractivity contribution is -0.138. The van der Waals surface area contributed by atoms with Gasteiger partial charge in [-0.1, -0.05) is 18.2 Å². The summed E-state index contributed by atoms with van der Waals surface area (Å²) in [4.78, 5) is 25.0. The zero-order valence-corrected chi connectivity index (χ0v) is 15.7. The average molecular weight is 365 g/mol. The average Bonchev–Trinajstić information content (AvgIpc) is 2.68. The fourth-order valence-electron chi connectivity index (χ4n) is 2.46. The zero-order valence-electron chi connectivity index (χ0n) is 15.7. The number of benzene rings is 2. The van der Waals surface area contributed by atoms with E-state index >= 15 is 0 Å². The lowest BCUT2D eigenvalue weighted by Crippen LogP contribution is -2.45. The number of anilines is 1. The van der Waals surface area contributed by atoms with E-state index in [1.165, 1.54) is 0 Å². The predicted octanol–water partition coefficient (Wildman–Crippen LogP) is 2.89. The first-order chi connectivity index (χ1) is 12.9. The summed E-state index contributed by atoms with van der Waals surface area (Å²) in [6, 6.07) is 16.1. The standard InChI is InChI=1S/C21H23N3O3/c1-21(2,20(26)24-17-10-8-15(14-22)9-11-17)19(25)23-13-12-16-6-4-5-7-18(16)27-3/h4-11H,12-13H2,1-3H3,(H,23,25)(H,24,26). The maximum atomic E-state index is 12.5. The fourth-order valence-corrected chi connectivity index (χ4v) is 2.46. The van der Waals surface area contributed by atoms with Crippen molar-refractivity contribution in [3.8, 4) is 11.8 Å². The zero-order chi connectivity index (χ0) is 19.9. The number of methoxy groups -OCH3 is 1. The summed E-state index contributed by atoms with van der Waals surface area (Å²) in [7, 11) is 1.61. The van der Waals surface area contributed by atoms with Gasteiger partial charge in [-0.15, -0.1) is 0 Å². The Hall–Kier alpha value is -3.33. The monoisotopic (exact) mass is 365 g/mol. The van der Waals surface area contributed by atoms with Crippen LogP contribution in [0.3, 0.4) is 0 Å². The summed E-state index contributed by atoms with van der Waals surface area (Å²) in [5.41, 5.74) is 0.782. The van der Waals surface area contributed by atoms with Crippen LogP contribution in [0.25, 0.3) is 0 Å². The largest absolute Gasteiger partial charge is 0.496 e. The molecule has 27 heavy (non-hydrogen) atoms. The minimum Gasteiger partial charge on any atom is -0.496 e. The first-order valence-electron chi connectivity index (χ1n) is 8.60. The molecule has 0 aliphatic carbocycles. The molecule has 0 bridgehead atoms. The van der Waals surface area contributed by atoms with E-state index in [9.17, 15) is 9.59 Å². The Balaban J connectivity index is 1.93. The van der Waals surface area contributed by atoms with Crippen molar-refractivity contribution in [2.45, 2.75) is 20.3 Å². The van der Waals surface area contributed by atoms with E-state index < -0.39 is 11.3 Å². The minimum atomic E-state index is -1.24. The maximum Gasteiger partial charge on any atom is 0.239 e.